The first-order valence-corrected chi connectivity index (χ1v) is 10.1. The Morgan fingerprint density at radius 1 is 1.30 bits per heavy atom. The van der Waals surface area contributed by atoms with Crippen LogP contribution >= 0.6 is 0 Å². The number of hydrogen-bond donors (Lipinski definition) is 2. The summed E-state index contributed by atoms with van der Waals surface area (Å²) in [5.41, 5.74) is 7.05. The number of ketones is 1. The molecule has 168 valence electrons. The number of benzene rings is 2. The molecular formula is C23H19FN4O5. The predicted octanol–water partition coefficient (Wildman–Crippen LogP) is 3.75. The molecule has 3 N–H and O–H groups in total. The maximum Gasteiger partial charge on any atom is 0.296 e. The Bertz CT molecular complexity index is 1290. The van der Waals surface area contributed by atoms with Crippen molar-refractivity contribution in [2.24, 2.45) is 5.73 Å². The van der Waals surface area contributed by atoms with Crippen LogP contribution in [0.4, 0.5) is 15.8 Å². The smallest absolute Gasteiger partial charge is 0.296 e. The summed E-state index contributed by atoms with van der Waals surface area (Å²) in [5, 5.41) is 31.7. The number of nitrogens with two attached hydrogens (primary N) is 1. The van der Waals surface area contributed by atoms with Crippen LogP contribution in [0.3, 0.4) is 0 Å². The van der Waals surface area contributed by atoms with Gasteiger partial charge < -0.3 is 15.6 Å². The maximum absolute atomic E-state index is 13.8. The number of hydrogen-bond acceptors (Lipinski definition) is 8. The number of rotatable bonds is 4. The number of Topliss-reactive ketones (excluding diaryl/α,β-unsaturated/α-hetero) is 1. The molecule has 0 spiro atoms. The molecule has 0 aromatic heterocycles. The molecule has 1 aliphatic heterocycles. The molecule has 33 heavy (non-hydrogen) atoms. The molecule has 0 unspecified atom stereocenters. The number of nitrogens with zero attached hydrogens (tertiary/aromatic N) is 3. The monoisotopic (exact) mass is 450 g/mol. The van der Waals surface area contributed by atoms with Gasteiger partial charge in [-0.2, -0.15) is 5.26 Å². The van der Waals surface area contributed by atoms with Crippen LogP contribution in [-0.2, 0) is 4.79 Å². The number of halogens is 1. The Morgan fingerprint density at radius 3 is 2.73 bits per heavy atom. The van der Waals surface area contributed by atoms with Crippen molar-refractivity contribution in [2.45, 2.75) is 25.2 Å². The Kier molecular flexibility index (Phi) is 5.47. The van der Waals surface area contributed by atoms with Gasteiger partial charge in [0.2, 0.25) is 0 Å². The molecule has 1 aliphatic carbocycles. The molecule has 0 saturated carbocycles. The molecule has 2 aliphatic rings. The molecular weight excluding hydrogens is 431 g/mol. The first-order chi connectivity index (χ1) is 15.8. The lowest BCUT2D eigenvalue weighted by molar-refractivity contribution is -0.384. The number of phenols is 1. The summed E-state index contributed by atoms with van der Waals surface area (Å²) in [4.78, 5) is 25.4. The van der Waals surface area contributed by atoms with E-state index in [9.17, 15) is 29.7 Å². The number of nitriles is 1. The third-order valence-electron chi connectivity index (χ3n) is 5.83. The van der Waals surface area contributed by atoms with Crippen molar-refractivity contribution in [1.82, 2.24) is 0 Å². The summed E-state index contributed by atoms with van der Waals surface area (Å²) in [5.74, 6) is -1.90. The molecule has 4 rings (SSSR count). The van der Waals surface area contributed by atoms with E-state index >= 15 is 0 Å². The van der Waals surface area contributed by atoms with Crippen molar-refractivity contribution in [3.63, 3.8) is 0 Å². The van der Waals surface area contributed by atoms with E-state index in [0.717, 1.165) is 12.1 Å². The lowest BCUT2D eigenvalue weighted by atomic mass is 9.75. The van der Waals surface area contributed by atoms with Gasteiger partial charge in [0.1, 0.15) is 17.3 Å². The molecule has 9 nitrogen and oxygen atoms in total. The van der Waals surface area contributed by atoms with Gasteiger partial charge in [-0.3, -0.25) is 19.8 Å². The zero-order chi connectivity index (χ0) is 23.9. The van der Waals surface area contributed by atoms with E-state index in [1.54, 1.807) is 6.07 Å². The first-order valence-electron chi connectivity index (χ1n) is 10.1. The van der Waals surface area contributed by atoms with Crippen molar-refractivity contribution in [1.29, 1.82) is 5.26 Å². The normalized spacial score (nSPS) is 18.2. The van der Waals surface area contributed by atoms with Crippen LogP contribution in [0.1, 0.15) is 30.7 Å². The average Bonchev–Trinajstić information content (AvgIpc) is 2.79. The first kappa shape index (κ1) is 21.8. The molecule has 1 heterocycles. The fourth-order valence-electron chi connectivity index (χ4n) is 4.40. The summed E-state index contributed by atoms with van der Waals surface area (Å²) >= 11 is 0. The third-order valence-corrected chi connectivity index (χ3v) is 5.83. The number of carbonyl (C=O) groups excluding carboxylic acids is 1. The van der Waals surface area contributed by atoms with Gasteiger partial charge in [0.05, 0.1) is 35.7 Å². The molecule has 0 radical (unpaired) electrons. The second-order valence-electron chi connectivity index (χ2n) is 7.64. The molecule has 0 amide bonds. The van der Waals surface area contributed by atoms with E-state index in [1.165, 1.54) is 30.2 Å². The molecule has 2 aromatic carbocycles. The zero-order valence-electron chi connectivity index (χ0n) is 17.5. The Hall–Kier alpha value is -4.39. The number of aromatic hydroxyl groups is 1. The molecule has 0 bridgehead atoms. The Labute approximate surface area is 187 Å². The van der Waals surface area contributed by atoms with E-state index in [2.05, 4.69) is 0 Å². The topological polar surface area (TPSA) is 143 Å². The quantitative estimate of drug-likeness (QED) is 0.530. The van der Waals surface area contributed by atoms with Gasteiger partial charge >= 0.3 is 0 Å². The van der Waals surface area contributed by atoms with Gasteiger partial charge in [-0.05, 0) is 42.7 Å². The zero-order valence-corrected chi connectivity index (χ0v) is 17.5. The second-order valence-corrected chi connectivity index (χ2v) is 7.64. The third kappa shape index (κ3) is 3.53. The number of allylic oxidation sites excluding steroid dienone is 3. The van der Waals surface area contributed by atoms with Crippen molar-refractivity contribution in [2.75, 3.05) is 12.0 Å². The highest BCUT2D eigenvalue weighted by molar-refractivity contribution is 6.01. The minimum Gasteiger partial charge on any atom is -0.504 e. The summed E-state index contributed by atoms with van der Waals surface area (Å²) in [6.45, 7) is 0. The van der Waals surface area contributed by atoms with Gasteiger partial charge in [0, 0.05) is 17.7 Å². The van der Waals surface area contributed by atoms with Gasteiger partial charge in [-0.1, -0.05) is 6.07 Å². The number of anilines is 1. The molecule has 1 atom stereocenters. The van der Waals surface area contributed by atoms with E-state index in [1.807, 2.05) is 6.07 Å². The highest BCUT2D eigenvalue weighted by atomic mass is 19.1. The number of carbonyl (C=O) groups is 1. The van der Waals surface area contributed by atoms with Crippen LogP contribution in [0.2, 0.25) is 0 Å². The highest BCUT2D eigenvalue weighted by Crippen LogP contribution is 2.48. The van der Waals surface area contributed by atoms with E-state index < -0.39 is 22.3 Å². The average molecular weight is 450 g/mol. The number of ether oxygens (including phenoxy) is 1. The van der Waals surface area contributed by atoms with E-state index in [4.69, 9.17) is 10.5 Å². The van der Waals surface area contributed by atoms with Crippen LogP contribution in [0.25, 0.3) is 0 Å². The van der Waals surface area contributed by atoms with Crippen molar-refractivity contribution in [3.8, 4) is 17.6 Å². The standard InChI is InChI=1S/C23H19FN4O5/c1-33-20-9-12(5-8-18(20)29)21-14(11-25)23(26)27(16-3-2-4-19(30)22(16)21)15-7-6-13(24)10-17(15)28(31)32/h5-10,21,29H,2-4,26H2,1H3/t21-/m1/s1. The van der Waals surface area contributed by atoms with Crippen LogP contribution in [0.15, 0.2) is 59.1 Å². The van der Waals surface area contributed by atoms with Crippen molar-refractivity contribution < 1.29 is 24.0 Å². The fourth-order valence-corrected chi connectivity index (χ4v) is 4.40. The fraction of sp³-hybridized carbons (Fsp3) is 0.217. The lowest BCUT2D eigenvalue weighted by Gasteiger charge is -2.39. The number of phenolic OH excluding ortho intramolecular Hbond substituents is 1. The van der Waals surface area contributed by atoms with Crippen LogP contribution in [0, 0.1) is 27.3 Å². The summed E-state index contributed by atoms with van der Waals surface area (Å²) in [6.07, 6.45) is 1.10. The summed E-state index contributed by atoms with van der Waals surface area (Å²) < 4.78 is 19.0. The highest BCUT2D eigenvalue weighted by Gasteiger charge is 2.42. The van der Waals surface area contributed by atoms with Crippen LogP contribution in [-0.4, -0.2) is 22.9 Å². The molecule has 10 heteroatoms. The maximum atomic E-state index is 13.8. The number of nitro benzene ring substituents is 1. The van der Waals surface area contributed by atoms with Gasteiger partial charge in [0.15, 0.2) is 17.3 Å². The minimum atomic E-state index is -0.844. The molecule has 0 fully saturated rings. The number of nitro groups is 1. The largest absolute Gasteiger partial charge is 0.504 e. The number of methoxy groups -OCH3 is 1. The minimum absolute atomic E-state index is 0.00960. The van der Waals surface area contributed by atoms with Gasteiger partial charge in [-0.15, -0.1) is 0 Å². The Balaban J connectivity index is 2.01. The van der Waals surface area contributed by atoms with E-state index in [0.29, 0.717) is 29.7 Å². The predicted molar refractivity (Wildman–Crippen MR) is 116 cm³/mol. The summed E-state index contributed by atoms with van der Waals surface area (Å²) in [6, 6.07) is 9.57. The SMILES string of the molecule is COc1cc([C@@H]2C(C#N)=C(N)N(c3ccc(F)cc3[N+](=O)[O-])C3=C2C(=O)CCC3)ccc1O. The van der Waals surface area contributed by atoms with Crippen LogP contribution in [0.5, 0.6) is 11.5 Å². The lowest BCUT2D eigenvalue weighted by Crippen LogP contribution is -2.39. The van der Waals surface area contributed by atoms with Crippen LogP contribution < -0.4 is 15.4 Å². The van der Waals surface area contributed by atoms with Crippen molar-refractivity contribution in [3.05, 3.63) is 80.6 Å². The van der Waals surface area contributed by atoms with Crippen molar-refractivity contribution >= 4 is 17.2 Å². The Morgan fingerprint density at radius 2 is 2.06 bits per heavy atom. The molecule has 2 aromatic rings. The second kappa shape index (κ2) is 8.27. The summed E-state index contributed by atoms with van der Waals surface area (Å²) in [7, 11) is 1.38. The van der Waals surface area contributed by atoms with E-state index in [-0.39, 0.29) is 40.8 Å². The molecule has 0 saturated heterocycles. The van der Waals surface area contributed by atoms with Gasteiger partial charge in [-0.25, -0.2) is 4.39 Å². The van der Waals surface area contributed by atoms with Gasteiger partial charge in [0.25, 0.3) is 5.69 Å².